The Labute approximate surface area is 129 Å². The molecule has 0 saturated carbocycles. The highest BCUT2D eigenvalue weighted by atomic mass is 35.5. The molecular weight excluding hydrogens is 310 g/mol. The average molecular weight is 326 g/mol. The number of halogens is 1. The summed E-state index contributed by atoms with van der Waals surface area (Å²) in [6.45, 7) is 3.70. The van der Waals surface area contributed by atoms with Gasteiger partial charge in [0.1, 0.15) is 5.15 Å². The van der Waals surface area contributed by atoms with Crippen molar-refractivity contribution in [1.29, 1.82) is 0 Å². The van der Waals surface area contributed by atoms with Gasteiger partial charge in [0, 0.05) is 42.6 Å². The lowest BCUT2D eigenvalue weighted by molar-refractivity contribution is 0.284. The Bertz CT molecular complexity index is 779. The predicted octanol–water partition coefficient (Wildman–Crippen LogP) is 1.87. The molecule has 1 aliphatic rings. The minimum absolute atomic E-state index is 0.0729. The number of rotatable bonds is 2. The number of nitrogens with one attached hydrogen (secondary N) is 1. The Morgan fingerprint density at radius 1 is 1.33 bits per heavy atom. The maximum atomic E-state index is 13.0. The van der Waals surface area contributed by atoms with E-state index < -0.39 is 10.0 Å². The second-order valence-electron chi connectivity index (χ2n) is 5.12. The second-order valence-corrected chi connectivity index (χ2v) is 7.34. The molecule has 2 aromatic rings. The Kier molecular flexibility index (Phi) is 3.88. The summed E-state index contributed by atoms with van der Waals surface area (Å²) >= 11 is 6.06. The lowest BCUT2D eigenvalue weighted by Crippen LogP contribution is -2.52. The van der Waals surface area contributed by atoms with Crippen molar-refractivity contribution in [1.82, 2.24) is 14.6 Å². The summed E-state index contributed by atoms with van der Waals surface area (Å²) < 4.78 is 27.5. The quantitative estimate of drug-likeness (QED) is 0.856. The molecule has 1 aliphatic heterocycles. The van der Waals surface area contributed by atoms with Gasteiger partial charge in [-0.25, -0.2) is 13.4 Å². The first kappa shape index (κ1) is 14.7. The van der Waals surface area contributed by atoms with Gasteiger partial charge in [-0.1, -0.05) is 23.7 Å². The van der Waals surface area contributed by atoms with E-state index in [4.69, 9.17) is 11.6 Å². The minimum atomic E-state index is -3.55. The number of piperazine rings is 1. The second kappa shape index (κ2) is 5.53. The molecule has 1 atom stereocenters. The van der Waals surface area contributed by atoms with Crippen LogP contribution < -0.4 is 5.32 Å². The van der Waals surface area contributed by atoms with Crippen molar-refractivity contribution in [2.45, 2.75) is 17.9 Å². The largest absolute Gasteiger partial charge is 0.314 e. The van der Waals surface area contributed by atoms with Crippen LogP contribution in [0, 0.1) is 0 Å². The van der Waals surface area contributed by atoms with Crippen LogP contribution in [0.3, 0.4) is 0 Å². The van der Waals surface area contributed by atoms with Crippen LogP contribution >= 0.6 is 11.6 Å². The minimum Gasteiger partial charge on any atom is -0.314 e. The van der Waals surface area contributed by atoms with Crippen LogP contribution in [-0.2, 0) is 10.0 Å². The van der Waals surface area contributed by atoms with E-state index in [0.29, 0.717) is 35.6 Å². The van der Waals surface area contributed by atoms with Crippen LogP contribution in [0.2, 0.25) is 5.15 Å². The summed E-state index contributed by atoms with van der Waals surface area (Å²) in [6, 6.07) is 6.74. The summed E-state index contributed by atoms with van der Waals surface area (Å²) in [7, 11) is -3.55. The van der Waals surface area contributed by atoms with E-state index in [1.54, 1.807) is 28.6 Å². The van der Waals surface area contributed by atoms with Crippen molar-refractivity contribution in [2.75, 3.05) is 19.6 Å². The molecule has 21 heavy (non-hydrogen) atoms. The van der Waals surface area contributed by atoms with E-state index in [2.05, 4.69) is 10.3 Å². The van der Waals surface area contributed by atoms with Gasteiger partial charge in [-0.05, 0) is 19.1 Å². The maximum absolute atomic E-state index is 13.0. The molecule has 2 heterocycles. The Balaban J connectivity index is 2.17. The number of hydrogen-bond donors (Lipinski definition) is 1. The zero-order chi connectivity index (χ0) is 15.0. The van der Waals surface area contributed by atoms with Crippen molar-refractivity contribution in [3.8, 4) is 0 Å². The topological polar surface area (TPSA) is 62.3 Å². The van der Waals surface area contributed by atoms with Crippen LogP contribution in [0.4, 0.5) is 0 Å². The molecule has 1 fully saturated rings. The van der Waals surface area contributed by atoms with Crippen LogP contribution in [0.5, 0.6) is 0 Å². The van der Waals surface area contributed by atoms with Gasteiger partial charge in [0.15, 0.2) is 0 Å². The summed E-state index contributed by atoms with van der Waals surface area (Å²) in [5.41, 5.74) is 0. The van der Waals surface area contributed by atoms with E-state index in [0.717, 1.165) is 0 Å². The first-order valence-corrected chi connectivity index (χ1v) is 8.59. The SMILES string of the molecule is CC1CNCCN1S(=O)(=O)c1cccc2c(Cl)nccc12. The van der Waals surface area contributed by atoms with Crippen molar-refractivity contribution in [2.24, 2.45) is 0 Å². The Morgan fingerprint density at radius 3 is 2.90 bits per heavy atom. The van der Waals surface area contributed by atoms with Gasteiger partial charge in [-0.15, -0.1) is 0 Å². The van der Waals surface area contributed by atoms with Crippen molar-refractivity contribution in [3.05, 3.63) is 35.6 Å². The molecule has 5 nitrogen and oxygen atoms in total. The number of pyridine rings is 1. The highest BCUT2D eigenvalue weighted by molar-refractivity contribution is 7.89. The molecule has 3 rings (SSSR count). The fourth-order valence-corrected chi connectivity index (χ4v) is 4.73. The van der Waals surface area contributed by atoms with Crippen molar-refractivity contribution < 1.29 is 8.42 Å². The molecule has 0 bridgehead atoms. The first-order chi connectivity index (χ1) is 10.0. The zero-order valence-electron chi connectivity index (χ0n) is 11.6. The van der Waals surface area contributed by atoms with Gasteiger partial charge < -0.3 is 5.32 Å². The third kappa shape index (κ3) is 2.53. The first-order valence-electron chi connectivity index (χ1n) is 6.77. The average Bonchev–Trinajstić information content (AvgIpc) is 2.47. The number of aromatic nitrogens is 1. The fraction of sp³-hybridized carbons (Fsp3) is 0.357. The highest BCUT2D eigenvalue weighted by Crippen LogP contribution is 2.29. The standard InChI is InChI=1S/C14H16ClN3O2S/c1-10-9-16-7-8-18(10)21(19,20)13-4-2-3-12-11(13)5-6-17-14(12)15/h2-6,10,16H,7-9H2,1H3. The number of benzene rings is 1. The van der Waals surface area contributed by atoms with E-state index in [9.17, 15) is 8.42 Å². The summed E-state index contributed by atoms with van der Waals surface area (Å²) in [4.78, 5) is 4.29. The van der Waals surface area contributed by atoms with Gasteiger partial charge in [0.2, 0.25) is 10.0 Å². The number of hydrogen-bond acceptors (Lipinski definition) is 4. The highest BCUT2D eigenvalue weighted by Gasteiger charge is 2.32. The van der Waals surface area contributed by atoms with E-state index in [1.807, 2.05) is 6.92 Å². The Morgan fingerprint density at radius 2 is 2.14 bits per heavy atom. The van der Waals surface area contributed by atoms with E-state index in [1.165, 1.54) is 6.20 Å². The Hall–Kier alpha value is -1.21. The van der Waals surface area contributed by atoms with Crippen LogP contribution in [0.15, 0.2) is 35.4 Å². The van der Waals surface area contributed by atoms with E-state index in [-0.39, 0.29) is 10.9 Å². The van der Waals surface area contributed by atoms with Crippen LogP contribution in [0.25, 0.3) is 10.8 Å². The van der Waals surface area contributed by atoms with Crippen LogP contribution in [-0.4, -0.2) is 43.4 Å². The zero-order valence-corrected chi connectivity index (χ0v) is 13.2. The number of fused-ring (bicyclic) bond motifs is 1. The molecule has 1 N–H and O–H groups in total. The molecule has 1 aromatic carbocycles. The number of sulfonamides is 1. The van der Waals surface area contributed by atoms with Gasteiger partial charge in [-0.3, -0.25) is 0 Å². The van der Waals surface area contributed by atoms with Crippen LogP contribution in [0.1, 0.15) is 6.92 Å². The monoisotopic (exact) mass is 325 g/mol. The summed E-state index contributed by atoms with van der Waals surface area (Å²) in [6.07, 6.45) is 1.53. The molecular formula is C14H16ClN3O2S. The molecule has 0 amide bonds. The fourth-order valence-electron chi connectivity index (χ4n) is 2.67. The molecule has 0 aliphatic carbocycles. The van der Waals surface area contributed by atoms with Crippen molar-refractivity contribution >= 4 is 32.4 Å². The molecule has 1 aromatic heterocycles. The molecule has 1 unspecified atom stereocenters. The summed E-state index contributed by atoms with van der Waals surface area (Å²) in [5.74, 6) is 0. The predicted molar refractivity (Wildman–Crippen MR) is 83.0 cm³/mol. The molecule has 7 heteroatoms. The number of nitrogens with zero attached hydrogens (tertiary/aromatic N) is 2. The van der Waals surface area contributed by atoms with E-state index >= 15 is 0 Å². The van der Waals surface area contributed by atoms with Gasteiger partial charge >= 0.3 is 0 Å². The van der Waals surface area contributed by atoms with Gasteiger partial charge in [0.25, 0.3) is 0 Å². The molecule has 1 saturated heterocycles. The molecule has 112 valence electrons. The third-order valence-corrected chi connectivity index (χ3v) is 6.12. The lowest BCUT2D eigenvalue weighted by Gasteiger charge is -2.33. The lowest BCUT2D eigenvalue weighted by atomic mass is 10.2. The van der Waals surface area contributed by atoms with Gasteiger partial charge in [-0.2, -0.15) is 4.31 Å². The summed E-state index contributed by atoms with van der Waals surface area (Å²) in [5, 5.41) is 4.78. The smallest absolute Gasteiger partial charge is 0.244 e. The molecule has 0 spiro atoms. The maximum Gasteiger partial charge on any atom is 0.244 e. The van der Waals surface area contributed by atoms with Gasteiger partial charge in [0.05, 0.1) is 4.90 Å². The normalized spacial score (nSPS) is 20.8. The van der Waals surface area contributed by atoms with Crippen molar-refractivity contribution in [3.63, 3.8) is 0 Å². The third-order valence-electron chi connectivity index (χ3n) is 3.74. The molecule has 0 radical (unpaired) electrons.